The zero-order valence-electron chi connectivity index (χ0n) is 13.4. The lowest BCUT2D eigenvalue weighted by molar-refractivity contribution is 0.0953. The Morgan fingerprint density at radius 1 is 1.12 bits per heavy atom. The van der Waals surface area contributed by atoms with Crippen LogP contribution in [0.1, 0.15) is 10.4 Å². The minimum absolute atomic E-state index is 0.126. The molecule has 0 saturated heterocycles. The van der Waals surface area contributed by atoms with Gasteiger partial charge in [0.2, 0.25) is 0 Å². The van der Waals surface area contributed by atoms with Gasteiger partial charge in [-0.05, 0) is 23.6 Å². The summed E-state index contributed by atoms with van der Waals surface area (Å²) in [5, 5.41) is 5.89. The normalized spacial score (nSPS) is 10.5. The summed E-state index contributed by atoms with van der Waals surface area (Å²) in [4.78, 5) is 16.7. The molecule has 0 fully saturated rings. The molecule has 24 heavy (non-hydrogen) atoms. The summed E-state index contributed by atoms with van der Waals surface area (Å²) < 4.78 is 5.48. The summed E-state index contributed by atoms with van der Waals surface area (Å²) >= 11 is 1.61. The number of hydrogen-bond acceptors (Lipinski definition) is 4. The molecule has 4 nitrogen and oxygen atoms in total. The lowest BCUT2D eigenvalue weighted by atomic mass is 10.0. The number of aromatic nitrogens is 1. The molecule has 0 aliphatic rings. The van der Waals surface area contributed by atoms with Gasteiger partial charge in [-0.15, -0.1) is 11.8 Å². The van der Waals surface area contributed by atoms with E-state index in [1.165, 1.54) is 0 Å². The van der Waals surface area contributed by atoms with Crippen LogP contribution >= 0.6 is 11.8 Å². The summed E-state index contributed by atoms with van der Waals surface area (Å²) in [6.07, 6.45) is 1.76. The topological polar surface area (TPSA) is 51.2 Å². The number of amides is 1. The third-order valence-corrected chi connectivity index (χ3v) is 4.55. The van der Waals surface area contributed by atoms with E-state index < -0.39 is 0 Å². The Balaban J connectivity index is 1.65. The first kappa shape index (κ1) is 16.3. The van der Waals surface area contributed by atoms with Crippen molar-refractivity contribution in [3.8, 4) is 5.75 Å². The van der Waals surface area contributed by atoms with Crippen molar-refractivity contribution in [1.82, 2.24) is 10.3 Å². The number of rotatable bonds is 6. The second-order valence-corrected chi connectivity index (χ2v) is 6.26. The SMILES string of the molecule is COc1c(C(=O)NCCSc2ccccn2)ccc2ccccc12. The number of nitrogens with one attached hydrogen (secondary N) is 1. The zero-order valence-corrected chi connectivity index (χ0v) is 14.2. The largest absolute Gasteiger partial charge is 0.495 e. The molecule has 0 spiro atoms. The molecular formula is C19H18N2O2S. The third-order valence-electron chi connectivity index (χ3n) is 3.60. The molecule has 1 heterocycles. The highest BCUT2D eigenvalue weighted by Crippen LogP contribution is 2.29. The number of carbonyl (C=O) groups is 1. The Bertz CT molecular complexity index is 837. The predicted octanol–water partition coefficient (Wildman–Crippen LogP) is 3.77. The van der Waals surface area contributed by atoms with Crippen LogP contribution in [0.5, 0.6) is 5.75 Å². The molecule has 0 aliphatic carbocycles. The second-order valence-electron chi connectivity index (χ2n) is 5.14. The van der Waals surface area contributed by atoms with E-state index in [1.807, 2.05) is 54.6 Å². The van der Waals surface area contributed by atoms with E-state index in [9.17, 15) is 4.79 Å². The van der Waals surface area contributed by atoms with E-state index >= 15 is 0 Å². The monoisotopic (exact) mass is 338 g/mol. The molecule has 0 unspecified atom stereocenters. The van der Waals surface area contributed by atoms with Gasteiger partial charge in [0.1, 0.15) is 5.75 Å². The number of pyridine rings is 1. The van der Waals surface area contributed by atoms with Crippen molar-refractivity contribution in [1.29, 1.82) is 0 Å². The van der Waals surface area contributed by atoms with E-state index in [1.54, 1.807) is 25.1 Å². The highest BCUT2D eigenvalue weighted by atomic mass is 32.2. The van der Waals surface area contributed by atoms with Crippen LogP contribution < -0.4 is 10.1 Å². The van der Waals surface area contributed by atoms with Crippen molar-refractivity contribution < 1.29 is 9.53 Å². The molecule has 3 aromatic rings. The quantitative estimate of drug-likeness (QED) is 0.549. The van der Waals surface area contributed by atoms with Crippen LogP contribution in [0.25, 0.3) is 10.8 Å². The van der Waals surface area contributed by atoms with Crippen molar-refractivity contribution in [3.63, 3.8) is 0 Å². The number of methoxy groups -OCH3 is 1. The van der Waals surface area contributed by atoms with Gasteiger partial charge >= 0.3 is 0 Å². The number of nitrogens with zero attached hydrogens (tertiary/aromatic N) is 1. The van der Waals surface area contributed by atoms with E-state index in [2.05, 4.69) is 10.3 Å². The molecule has 0 atom stereocenters. The Labute approximate surface area is 145 Å². The molecular weight excluding hydrogens is 320 g/mol. The van der Waals surface area contributed by atoms with Gasteiger partial charge in [0.05, 0.1) is 17.7 Å². The number of fused-ring (bicyclic) bond motifs is 1. The number of thioether (sulfide) groups is 1. The van der Waals surface area contributed by atoms with E-state index in [0.717, 1.165) is 21.6 Å². The molecule has 1 aromatic heterocycles. The van der Waals surface area contributed by atoms with Crippen molar-refractivity contribution in [2.24, 2.45) is 0 Å². The summed E-state index contributed by atoms with van der Waals surface area (Å²) in [6.45, 7) is 0.566. The first-order chi connectivity index (χ1) is 11.8. The minimum Gasteiger partial charge on any atom is -0.495 e. The molecule has 0 radical (unpaired) electrons. The molecule has 1 N–H and O–H groups in total. The van der Waals surface area contributed by atoms with Gasteiger partial charge in [0.15, 0.2) is 0 Å². The Kier molecular flexibility index (Phi) is 5.33. The van der Waals surface area contributed by atoms with Crippen LogP contribution in [0.3, 0.4) is 0 Å². The maximum absolute atomic E-state index is 12.5. The molecule has 122 valence electrons. The van der Waals surface area contributed by atoms with Gasteiger partial charge < -0.3 is 10.1 Å². The third kappa shape index (κ3) is 3.68. The molecule has 0 saturated carbocycles. The minimum atomic E-state index is -0.126. The van der Waals surface area contributed by atoms with Crippen LogP contribution in [0, 0.1) is 0 Å². The number of ether oxygens (including phenoxy) is 1. The average Bonchev–Trinajstić information content (AvgIpc) is 2.65. The van der Waals surface area contributed by atoms with Crippen molar-refractivity contribution >= 4 is 28.4 Å². The van der Waals surface area contributed by atoms with Crippen molar-refractivity contribution in [3.05, 3.63) is 66.4 Å². The highest BCUT2D eigenvalue weighted by Gasteiger charge is 2.14. The average molecular weight is 338 g/mol. The number of carbonyl (C=O) groups excluding carboxylic acids is 1. The van der Waals surface area contributed by atoms with Crippen LogP contribution in [-0.2, 0) is 0 Å². The fourth-order valence-electron chi connectivity index (χ4n) is 2.49. The standard InChI is InChI=1S/C19H18N2O2S/c1-23-18-15-7-3-2-6-14(15)9-10-16(18)19(22)21-12-13-24-17-8-4-5-11-20-17/h2-11H,12-13H2,1H3,(H,21,22). The predicted molar refractivity (Wildman–Crippen MR) is 97.8 cm³/mol. The Morgan fingerprint density at radius 3 is 2.75 bits per heavy atom. The van der Waals surface area contributed by atoms with Gasteiger partial charge in [-0.2, -0.15) is 0 Å². The second kappa shape index (κ2) is 7.84. The van der Waals surface area contributed by atoms with Crippen LogP contribution in [0.2, 0.25) is 0 Å². The summed E-state index contributed by atoms with van der Waals surface area (Å²) in [7, 11) is 1.59. The fraction of sp³-hybridized carbons (Fsp3) is 0.158. The van der Waals surface area contributed by atoms with Crippen molar-refractivity contribution in [2.75, 3.05) is 19.4 Å². The van der Waals surface area contributed by atoms with E-state index in [0.29, 0.717) is 17.9 Å². The molecule has 2 aromatic carbocycles. The zero-order chi connectivity index (χ0) is 16.8. The van der Waals surface area contributed by atoms with Gasteiger partial charge in [0, 0.05) is 23.9 Å². The lowest BCUT2D eigenvalue weighted by Gasteiger charge is -2.12. The fourth-order valence-corrected chi connectivity index (χ4v) is 3.21. The van der Waals surface area contributed by atoms with Gasteiger partial charge in [-0.1, -0.05) is 36.4 Å². The number of benzene rings is 2. The van der Waals surface area contributed by atoms with Crippen LogP contribution in [0.15, 0.2) is 65.8 Å². The summed E-state index contributed by atoms with van der Waals surface area (Å²) in [5.74, 6) is 1.25. The van der Waals surface area contributed by atoms with E-state index in [4.69, 9.17) is 4.74 Å². The maximum atomic E-state index is 12.5. The molecule has 5 heteroatoms. The van der Waals surface area contributed by atoms with E-state index in [-0.39, 0.29) is 5.91 Å². The Morgan fingerprint density at radius 2 is 1.96 bits per heavy atom. The van der Waals surface area contributed by atoms with Gasteiger partial charge in [-0.3, -0.25) is 4.79 Å². The highest BCUT2D eigenvalue weighted by molar-refractivity contribution is 7.99. The summed E-state index contributed by atoms with van der Waals surface area (Å²) in [6, 6.07) is 17.4. The molecule has 0 aliphatic heterocycles. The number of hydrogen-bond donors (Lipinski definition) is 1. The molecule has 0 bridgehead atoms. The first-order valence-corrected chi connectivity index (χ1v) is 8.66. The molecule has 3 rings (SSSR count). The van der Waals surface area contributed by atoms with Crippen molar-refractivity contribution in [2.45, 2.75) is 5.03 Å². The smallest absolute Gasteiger partial charge is 0.255 e. The maximum Gasteiger partial charge on any atom is 0.255 e. The van der Waals surface area contributed by atoms with Gasteiger partial charge in [-0.25, -0.2) is 4.98 Å². The van der Waals surface area contributed by atoms with Crippen LogP contribution in [-0.4, -0.2) is 30.3 Å². The van der Waals surface area contributed by atoms with Crippen LogP contribution in [0.4, 0.5) is 0 Å². The van der Waals surface area contributed by atoms with Gasteiger partial charge in [0.25, 0.3) is 5.91 Å². The Hall–Kier alpha value is -2.53. The molecule has 1 amide bonds. The lowest BCUT2D eigenvalue weighted by Crippen LogP contribution is -2.26. The first-order valence-electron chi connectivity index (χ1n) is 7.67. The summed E-state index contributed by atoms with van der Waals surface area (Å²) in [5.41, 5.74) is 0.555.